The SMILES string of the molecule is N#CCOc1ccc(CNc2ccc(F)c(Cl)c2)cc1. The number of ether oxygens (including phenoxy) is 1. The van der Waals surface area contributed by atoms with Gasteiger partial charge in [-0.2, -0.15) is 5.26 Å². The highest BCUT2D eigenvalue weighted by Gasteiger charge is 2.01. The van der Waals surface area contributed by atoms with Crippen LogP contribution in [0.2, 0.25) is 5.02 Å². The van der Waals surface area contributed by atoms with Gasteiger partial charge in [-0.15, -0.1) is 0 Å². The zero-order chi connectivity index (χ0) is 14.4. The number of hydrogen-bond donors (Lipinski definition) is 1. The van der Waals surface area contributed by atoms with E-state index in [4.69, 9.17) is 21.6 Å². The molecule has 0 fully saturated rings. The van der Waals surface area contributed by atoms with Gasteiger partial charge in [0.1, 0.15) is 17.6 Å². The maximum Gasteiger partial charge on any atom is 0.174 e. The maximum absolute atomic E-state index is 13.0. The van der Waals surface area contributed by atoms with Gasteiger partial charge in [0.2, 0.25) is 0 Å². The first-order chi connectivity index (χ1) is 9.69. The van der Waals surface area contributed by atoms with Gasteiger partial charge in [0.25, 0.3) is 0 Å². The molecule has 2 rings (SSSR count). The minimum atomic E-state index is -0.434. The molecule has 102 valence electrons. The van der Waals surface area contributed by atoms with E-state index < -0.39 is 5.82 Å². The van der Waals surface area contributed by atoms with E-state index in [-0.39, 0.29) is 11.6 Å². The molecule has 3 nitrogen and oxygen atoms in total. The van der Waals surface area contributed by atoms with E-state index in [1.807, 2.05) is 18.2 Å². The van der Waals surface area contributed by atoms with E-state index in [0.717, 1.165) is 11.3 Å². The molecular weight excluding hydrogens is 279 g/mol. The Balaban J connectivity index is 1.93. The van der Waals surface area contributed by atoms with Crippen molar-refractivity contribution in [3.8, 4) is 11.8 Å². The van der Waals surface area contributed by atoms with Crippen molar-refractivity contribution >= 4 is 17.3 Å². The molecule has 0 atom stereocenters. The lowest BCUT2D eigenvalue weighted by Crippen LogP contribution is -2.00. The molecule has 0 spiro atoms. The second-order valence-electron chi connectivity index (χ2n) is 4.07. The normalized spacial score (nSPS) is 9.85. The first-order valence-electron chi connectivity index (χ1n) is 5.96. The number of rotatable bonds is 5. The molecule has 0 aliphatic rings. The largest absolute Gasteiger partial charge is 0.479 e. The maximum atomic E-state index is 13.0. The van der Waals surface area contributed by atoms with Crippen LogP contribution in [0.15, 0.2) is 42.5 Å². The quantitative estimate of drug-likeness (QED) is 0.905. The Morgan fingerprint density at radius 3 is 2.60 bits per heavy atom. The van der Waals surface area contributed by atoms with Crippen molar-refractivity contribution < 1.29 is 9.13 Å². The van der Waals surface area contributed by atoms with Gasteiger partial charge in [0.15, 0.2) is 6.61 Å². The van der Waals surface area contributed by atoms with Crippen LogP contribution in [0.5, 0.6) is 5.75 Å². The molecule has 20 heavy (non-hydrogen) atoms. The van der Waals surface area contributed by atoms with Gasteiger partial charge in [0.05, 0.1) is 5.02 Å². The van der Waals surface area contributed by atoms with Crippen LogP contribution >= 0.6 is 11.6 Å². The average molecular weight is 291 g/mol. The molecule has 0 bridgehead atoms. The highest BCUT2D eigenvalue weighted by molar-refractivity contribution is 6.31. The Morgan fingerprint density at radius 1 is 1.20 bits per heavy atom. The van der Waals surface area contributed by atoms with Crippen molar-refractivity contribution in [2.24, 2.45) is 0 Å². The smallest absolute Gasteiger partial charge is 0.174 e. The van der Waals surface area contributed by atoms with E-state index in [1.54, 1.807) is 24.3 Å². The predicted octanol–water partition coefficient (Wildman–Crippen LogP) is 3.99. The molecule has 0 aliphatic heterocycles. The second-order valence-corrected chi connectivity index (χ2v) is 4.48. The second kappa shape index (κ2) is 6.78. The van der Waals surface area contributed by atoms with Crippen LogP contribution in [0, 0.1) is 17.1 Å². The topological polar surface area (TPSA) is 45.0 Å². The van der Waals surface area contributed by atoms with Crippen LogP contribution in [0.4, 0.5) is 10.1 Å². The molecule has 2 aromatic rings. The molecule has 1 N–H and O–H groups in total. The number of anilines is 1. The third-order valence-electron chi connectivity index (χ3n) is 2.64. The third kappa shape index (κ3) is 3.87. The fraction of sp³-hybridized carbons (Fsp3) is 0.133. The summed E-state index contributed by atoms with van der Waals surface area (Å²) >= 11 is 5.71. The van der Waals surface area contributed by atoms with Gasteiger partial charge in [-0.3, -0.25) is 0 Å². The van der Waals surface area contributed by atoms with Crippen LogP contribution in [0.25, 0.3) is 0 Å². The molecule has 0 aliphatic carbocycles. The average Bonchev–Trinajstić information content (AvgIpc) is 2.47. The number of hydrogen-bond acceptors (Lipinski definition) is 3. The summed E-state index contributed by atoms with van der Waals surface area (Å²) in [5.41, 5.74) is 1.79. The standard InChI is InChI=1S/C15H12ClFN2O/c16-14-9-12(3-6-15(14)17)19-10-11-1-4-13(5-2-11)20-8-7-18/h1-6,9,19H,8,10H2. The Hall–Kier alpha value is -2.25. The van der Waals surface area contributed by atoms with E-state index in [9.17, 15) is 4.39 Å². The monoisotopic (exact) mass is 290 g/mol. The lowest BCUT2D eigenvalue weighted by Gasteiger charge is -2.08. The number of nitrogens with one attached hydrogen (secondary N) is 1. The zero-order valence-electron chi connectivity index (χ0n) is 10.6. The van der Waals surface area contributed by atoms with E-state index in [1.165, 1.54) is 6.07 Å². The predicted molar refractivity (Wildman–Crippen MR) is 76.3 cm³/mol. The molecular formula is C15H12ClFN2O. The Bertz CT molecular complexity index is 623. The fourth-order valence-corrected chi connectivity index (χ4v) is 1.81. The summed E-state index contributed by atoms with van der Waals surface area (Å²) in [5, 5.41) is 11.7. The summed E-state index contributed by atoms with van der Waals surface area (Å²) in [4.78, 5) is 0. The Morgan fingerprint density at radius 2 is 1.95 bits per heavy atom. The zero-order valence-corrected chi connectivity index (χ0v) is 11.3. The number of halogens is 2. The van der Waals surface area contributed by atoms with Crippen molar-refractivity contribution in [1.29, 1.82) is 5.26 Å². The molecule has 0 aromatic heterocycles. The van der Waals surface area contributed by atoms with Crippen LogP contribution in [0.3, 0.4) is 0 Å². The van der Waals surface area contributed by atoms with Crippen LogP contribution in [-0.4, -0.2) is 6.61 Å². The summed E-state index contributed by atoms with van der Waals surface area (Å²) < 4.78 is 18.2. The first kappa shape index (κ1) is 14.2. The van der Waals surface area contributed by atoms with Crippen molar-refractivity contribution in [1.82, 2.24) is 0 Å². The molecule has 0 heterocycles. The molecule has 5 heteroatoms. The highest BCUT2D eigenvalue weighted by atomic mass is 35.5. The Labute approximate surface area is 121 Å². The minimum Gasteiger partial charge on any atom is -0.479 e. The third-order valence-corrected chi connectivity index (χ3v) is 2.93. The molecule has 0 saturated heterocycles. The first-order valence-corrected chi connectivity index (χ1v) is 6.34. The van der Waals surface area contributed by atoms with Crippen LogP contribution in [-0.2, 0) is 6.54 Å². The number of benzene rings is 2. The summed E-state index contributed by atoms with van der Waals surface area (Å²) in [6, 6.07) is 13.8. The van der Waals surface area contributed by atoms with Crippen molar-refractivity contribution in [2.75, 3.05) is 11.9 Å². The van der Waals surface area contributed by atoms with E-state index >= 15 is 0 Å². The van der Waals surface area contributed by atoms with Gasteiger partial charge < -0.3 is 10.1 Å². The summed E-state index contributed by atoms with van der Waals surface area (Å²) in [5.74, 6) is 0.219. The summed E-state index contributed by atoms with van der Waals surface area (Å²) in [6.45, 7) is 0.617. The fourth-order valence-electron chi connectivity index (χ4n) is 1.63. The minimum absolute atomic E-state index is 0.0334. The lowest BCUT2D eigenvalue weighted by atomic mass is 10.2. The Kier molecular flexibility index (Phi) is 4.80. The van der Waals surface area contributed by atoms with Gasteiger partial charge in [-0.05, 0) is 35.9 Å². The summed E-state index contributed by atoms with van der Waals surface area (Å²) in [6.07, 6.45) is 0. The van der Waals surface area contributed by atoms with Crippen LogP contribution in [0.1, 0.15) is 5.56 Å². The van der Waals surface area contributed by atoms with Crippen molar-refractivity contribution in [2.45, 2.75) is 6.54 Å². The van der Waals surface area contributed by atoms with Gasteiger partial charge in [-0.25, -0.2) is 4.39 Å². The van der Waals surface area contributed by atoms with Crippen molar-refractivity contribution in [3.05, 3.63) is 58.9 Å². The van der Waals surface area contributed by atoms with E-state index in [2.05, 4.69) is 5.32 Å². The molecule has 2 aromatic carbocycles. The van der Waals surface area contributed by atoms with Crippen LogP contribution < -0.4 is 10.1 Å². The summed E-state index contributed by atoms with van der Waals surface area (Å²) in [7, 11) is 0. The molecule has 0 radical (unpaired) electrons. The molecule has 0 saturated carbocycles. The molecule has 0 amide bonds. The van der Waals surface area contributed by atoms with Gasteiger partial charge >= 0.3 is 0 Å². The van der Waals surface area contributed by atoms with Gasteiger partial charge in [0, 0.05) is 12.2 Å². The molecule has 0 unspecified atom stereocenters. The van der Waals surface area contributed by atoms with Gasteiger partial charge in [-0.1, -0.05) is 23.7 Å². The highest BCUT2D eigenvalue weighted by Crippen LogP contribution is 2.20. The lowest BCUT2D eigenvalue weighted by molar-refractivity contribution is 0.368. The number of nitrogens with zero attached hydrogens (tertiary/aromatic N) is 1. The number of nitriles is 1. The van der Waals surface area contributed by atoms with Crippen molar-refractivity contribution in [3.63, 3.8) is 0 Å². The van der Waals surface area contributed by atoms with E-state index in [0.29, 0.717) is 12.3 Å².